The lowest BCUT2D eigenvalue weighted by Crippen LogP contribution is -2.52. The van der Waals surface area contributed by atoms with Crippen LogP contribution in [-0.4, -0.2) is 69.2 Å². The molecule has 1 aliphatic rings. The molecule has 0 saturated heterocycles. The number of ether oxygens (including phenoxy) is 1. The first-order valence-electron chi connectivity index (χ1n) is 8.05. The summed E-state index contributed by atoms with van der Waals surface area (Å²) in [5.41, 5.74) is -4.27. The smallest absolute Gasteiger partial charge is 0.282 e. The van der Waals surface area contributed by atoms with Gasteiger partial charge < -0.3 is 25.2 Å². The van der Waals surface area contributed by atoms with Crippen LogP contribution in [0.2, 0.25) is 0 Å². The normalized spacial score (nSPS) is 26.5. The van der Waals surface area contributed by atoms with Gasteiger partial charge in [-0.05, 0) is 20.3 Å². The molecule has 4 N–H and O–H groups in total. The first-order valence-corrected chi connectivity index (χ1v) is 8.05. The average Bonchev–Trinajstić information content (AvgIpc) is 2.70. The molecule has 1 amide bonds. The summed E-state index contributed by atoms with van der Waals surface area (Å²) in [5, 5.41) is 42.5. The van der Waals surface area contributed by atoms with Crippen molar-refractivity contribution in [1.29, 1.82) is 0 Å². The zero-order valence-corrected chi connectivity index (χ0v) is 14.9. The van der Waals surface area contributed by atoms with Crippen molar-refractivity contribution in [1.82, 2.24) is 5.06 Å². The summed E-state index contributed by atoms with van der Waals surface area (Å²) in [5.74, 6) is -1.07. The van der Waals surface area contributed by atoms with Crippen LogP contribution in [0, 0.1) is 0 Å². The lowest BCUT2D eigenvalue weighted by atomic mass is 9.84. The van der Waals surface area contributed by atoms with Crippen LogP contribution in [-0.2, 0) is 14.4 Å². The number of hydroxylamine groups is 2. The van der Waals surface area contributed by atoms with Crippen LogP contribution in [0.15, 0.2) is 11.3 Å². The van der Waals surface area contributed by atoms with Gasteiger partial charge >= 0.3 is 0 Å². The van der Waals surface area contributed by atoms with E-state index in [1.807, 2.05) is 6.92 Å². The summed E-state index contributed by atoms with van der Waals surface area (Å²) in [6.45, 7) is 4.51. The zero-order chi connectivity index (χ0) is 18.7. The van der Waals surface area contributed by atoms with E-state index < -0.39 is 29.4 Å². The van der Waals surface area contributed by atoms with Crippen LogP contribution in [0.4, 0.5) is 0 Å². The van der Waals surface area contributed by atoms with Crippen molar-refractivity contribution in [2.45, 2.75) is 70.0 Å². The summed E-state index contributed by atoms with van der Waals surface area (Å²) in [7, 11) is 2.42. The van der Waals surface area contributed by atoms with Gasteiger partial charge in [0, 0.05) is 0 Å². The molecular weight excluding hydrogens is 318 g/mol. The fourth-order valence-corrected chi connectivity index (χ4v) is 2.91. The molecule has 24 heavy (non-hydrogen) atoms. The van der Waals surface area contributed by atoms with Crippen LogP contribution < -0.4 is 0 Å². The van der Waals surface area contributed by atoms with Crippen molar-refractivity contribution in [3.05, 3.63) is 11.3 Å². The second-order valence-corrected chi connectivity index (χ2v) is 6.39. The van der Waals surface area contributed by atoms with Crippen LogP contribution in [0.3, 0.4) is 0 Å². The molecule has 1 rings (SSSR count). The fraction of sp³-hybridized carbons (Fsp3) is 0.812. The van der Waals surface area contributed by atoms with Gasteiger partial charge in [0.1, 0.15) is 11.7 Å². The molecule has 0 saturated carbocycles. The number of rotatable bonds is 9. The molecule has 0 aromatic carbocycles. The molecule has 0 aliphatic carbocycles. The van der Waals surface area contributed by atoms with Gasteiger partial charge in [0.15, 0.2) is 5.76 Å². The summed E-state index contributed by atoms with van der Waals surface area (Å²) in [6.07, 6.45) is -0.248. The number of hydrogen-bond acceptors (Lipinski definition) is 7. The Bertz CT molecular complexity index is 487. The maximum atomic E-state index is 12.4. The Labute approximate surface area is 142 Å². The highest BCUT2D eigenvalue weighted by Gasteiger charge is 2.55. The van der Waals surface area contributed by atoms with E-state index in [9.17, 15) is 25.2 Å². The lowest BCUT2D eigenvalue weighted by molar-refractivity contribution is -0.244. The van der Waals surface area contributed by atoms with Gasteiger partial charge in [0.2, 0.25) is 5.72 Å². The third kappa shape index (κ3) is 3.57. The minimum atomic E-state index is -2.00. The van der Waals surface area contributed by atoms with E-state index in [2.05, 4.69) is 0 Å². The van der Waals surface area contributed by atoms with E-state index in [0.29, 0.717) is 11.5 Å². The van der Waals surface area contributed by atoms with E-state index >= 15 is 0 Å². The van der Waals surface area contributed by atoms with Gasteiger partial charge in [-0.1, -0.05) is 26.2 Å². The SMILES string of the molecule is CCCCC[C@@H](O)[C@](C)(O)[C@H](O)C1=C(OC)C(C)(O)N(OC)C1=O. The molecule has 0 radical (unpaired) electrons. The molecule has 0 aromatic rings. The van der Waals surface area contributed by atoms with Crippen LogP contribution >= 0.6 is 0 Å². The molecule has 1 unspecified atom stereocenters. The van der Waals surface area contributed by atoms with Gasteiger partial charge in [0.05, 0.1) is 25.9 Å². The van der Waals surface area contributed by atoms with E-state index in [1.165, 1.54) is 28.1 Å². The Kier molecular flexibility index (Phi) is 6.77. The van der Waals surface area contributed by atoms with Gasteiger partial charge in [-0.3, -0.25) is 9.63 Å². The molecule has 1 aliphatic heterocycles. The Morgan fingerprint density at radius 3 is 2.33 bits per heavy atom. The van der Waals surface area contributed by atoms with Crippen LogP contribution in [0.25, 0.3) is 0 Å². The van der Waals surface area contributed by atoms with Crippen molar-refractivity contribution in [3.63, 3.8) is 0 Å². The lowest BCUT2D eigenvalue weighted by Gasteiger charge is -2.34. The molecule has 0 bridgehead atoms. The molecule has 0 fully saturated rings. The van der Waals surface area contributed by atoms with E-state index in [1.54, 1.807) is 0 Å². The van der Waals surface area contributed by atoms with Gasteiger partial charge in [0.25, 0.3) is 5.91 Å². The molecule has 4 atom stereocenters. The van der Waals surface area contributed by atoms with Crippen molar-refractivity contribution in [2.24, 2.45) is 0 Å². The van der Waals surface area contributed by atoms with Crippen LogP contribution in [0.1, 0.15) is 46.5 Å². The zero-order valence-electron chi connectivity index (χ0n) is 14.9. The minimum Gasteiger partial charge on any atom is -0.495 e. The molecule has 0 aromatic heterocycles. The average molecular weight is 347 g/mol. The standard InChI is InChI=1S/C16H29NO7/c1-6-7-8-9-10(18)15(2,21)12(19)11-13(23-4)16(3,22)17(24-5)14(11)20/h10,12,18-19,21-22H,6-9H2,1-5H3/t10-,12-,15+,16?/m1/s1. The molecule has 8 heteroatoms. The molecular formula is C16H29NO7. The second kappa shape index (κ2) is 7.79. The summed E-state index contributed by atoms with van der Waals surface area (Å²) >= 11 is 0. The minimum absolute atomic E-state index is 0.233. The topological polar surface area (TPSA) is 120 Å². The van der Waals surface area contributed by atoms with E-state index in [4.69, 9.17) is 9.57 Å². The number of aliphatic hydroxyl groups is 4. The van der Waals surface area contributed by atoms with E-state index in [-0.39, 0.29) is 17.8 Å². The number of carbonyl (C=O) groups excluding carboxylic acids is 1. The Morgan fingerprint density at radius 2 is 1.88 bits per heavy atom. The predicted molar refractivity (Wildman–Crippen MR) is 85.3 cm³/mol. The number of amides is 1. The molecule has 8 nitrogen and oxygen atoms in total. The number of carbonyl (C=O) groups is 1. The number of hydrogen-bond donors (Lipinski definition) is 4. The Hall–Kier alpha value is -1.19. The maximum Gasteiger partial charge on any atom is 0.282 e. The van der Waals surface area contributed by atoms with Gasteiger partial charge in [-0.2, -0.15) is 5.06 Å². The second-order valence-electron chi connectivity index (χ2n) is 6.39. The highest BCUT2D eigenvalue weighted by molar-refractivity contribution is 5.98. The molecule has 1 heterocycles. The van der Waals surface area contributed by atoms with Crippen molar-refractivity contribution in [2.75, 3.05) is 14.2 Å². The predicted octanol–water partition coefficient (Wildman–Crippen LogP) is 0.0521. The summed E-state index contributed by atoms with van der Waals surface area (Å²) in [6, 6.07) is 0. The summed E-state index contributed by atoms with van der Waals surface area (Å²) in [4.78, 5) is 17.3. The largest absolute Gasteiger partial charge is 0.495 e. The molecule has 0 spiro atoms. The first-order chi connectivity index (χ1) is 11.1. The number of methoxy groups -OCH3 is 1. The third-order valence-corrected chi connectivity index (χ3v) is 4.45. The first kappa shape index (κ1) is 20.9. The quantitative estimate of drug-likeness (QED) is 0.435. The van der Waals surface area contributed by atoms with Crippen molar-refractivity contribution >= 4 is 5.91 Å². The highest BCUT2D eigenvalue weighted by atomic mass is 16.7. The van der Waals surface area contributed by atoms with E-state index in [0.717, 1.165) is 12.8 Å². The third-order valence-electron chi connectivity index (χ3n) is 4.45. The Balaban J connectivity index is 3.14. The molecule has 140 valence electrons. The van der Waals surface area contributed by atoms with Crippen molar-refractivity contribution in [3.8, 4) is 0 Å². The highest BCUT2D eigenvalue weighted by Crippen LogP contribution is 2.38. The van der Waals surface area contributed by atoms with Gasteiger partial charge in [-0.25, -0.2) is 0 Å². The Morgan fingerprint density at radius 1 is 1.29 bits per heavy atom. The maximum absolute atomic E-state index is 12.4. The number of nitrogens with zero attached hydrogens (tertiary/aromatic N) is 1. The summed E-state index contributed by atoms with van der Waals surface area (Å²) < 4.78 is 5.07. The number of unbranched alkanes of at least 4 members (excludes halogenated alkanes) is 2. The monoisotopic (exact) mass is 347 g/mol. The van der Waals surface area contributed by atoms with Crippen molar-refractivity contribution < 1.29 is 34.8 Å². The van der Waals surface area contributed by atoms with Crippen LogP contribution in [0.5, 0.6) is 0 Å². The fourth-order valence-electron chi connectivity index (χ4n) is 2.91. The number of aliphatic hydroxyl groups excluding tert-OH is 2. The van der Waals surface area contributed by atoms with Gasteiger partial charge in [-0.15, -0.1) is 0 Å².